The fourth-order valence-electron chi connectivity index (χ4n) is 2.13. The molecule has 0 fully saturated rings. The highest BCUT2D eigenvalue weighted by atomic mass is 16.2. The third kappa shape index (κ3) is 1.82. The average Bonchev–Trinajstić information content (AvgIpc) is 2.83. The van der Waals surface area contributed by atoms with Crippen molar-refractivity contribution in [2.24, 2.45) is 0 Å². The minimum atomic E-state index is 0.0672. The predicted molar refractivity (Wildman–Crippen MR) is 63.4 cm³/mol. The zero-order valence-electron chi connectivity index (χ0n) is 9.41. The van der Waals surface area contributed by atoms with Crippen LogP contribution in [0.4, 0.5) is 0 Å². The van der Waals surface area contributed by atoms with E-state index in [-0.39, 0.29) is 5.91 Å². The molecule has 17 heavy (non-hydrogen) atoms. The van der Waals surface area contributed by atoms with E-state index in [9.17, 15) is 4.79 Å². The largest absolute Gasteiger partial charge is 0.331 e. The minimum absolute atomic E-state index is 0.0672. The molecule has 2 heterocycles. The Hall–Kier alpha value is -2.10. The van der Waals surface area contributed by atoms with Gasteiger partial charge in [0.1, 0.15) is 5.69 Å². The van der Waals surface area contributed by atoms with Crippen LogP contribution < -0.4 is 0 Å². The predicted octanol–water partition coefficient (Wildman–Crippen LogP) is 1.54. The molecule has 0 bridgehead atoms. The summed E-state index contributed by atoms with van der Waals surface area (Å²) in [4.78, 5) is 14.0. The number of benzene rings is 1. The van der Waals surface area contributed by atoms with Gasteiger partial charge in [-0.1, -0.05) is 30.3 Å². The lowest BCUT2D eigenvalue weighted by atomic mass is 10.2. The average molecular weight is 227 g/mol. The Kier molecular flexibility index (Phi) is 2.40. The third-order valence-electron chi connectivity index (χ3n) is 3.02. The molecule has 2 aromatic rings. The molecular formula is C13H13N3O. The summed E-state index contributed by atoms with van der Waals surface area (Å²) >= 11 is 0. The Balaban J connectivity index is 1.81. The van der Waals surface area contributed by atoms with E-state index in [1.54, 1.807) is 16.9 Å². The Morgan fingerprint density at radius 2 is 1.94 bits per heavy atom. The van der Waals surface area contributed by atoms with Gasteiger partial charge < -0.3 is 4.90 Å². The van der Waals surface area contributed by atoms with Crippen molar-refractivity contribution < 1.29 is 4.79 Å². The number of nitrogens with zero attached hydrogens (tertiary/aromatic N) is 3. The maximum Gasteiger partial charge on any atom is 0.272 e. The second-order valence-electron chi connectivity index (χ2n) is 4.15. The molecule has 1 aromatic heterocycles. The van der Waals surface area contributed by atoms with Gasteiger partial charge in [0.15, 0.2) is 0 Å². The summed E-state index contributed by atoms with van der Waals surface area (Å²) in [5.74, 6) is 0.0672. The number of hydrogen-bond donors (Lipinski definition) is 0. The van der Waals surface area contributed by atoms with Crippen LogP contribution in [0.15, 0.2) is 42.6 Å². The normalized spacial score (nSPS) is 14.8. The first kappa shape index (κ1) is 10.1. The van der Waals surface area contributed by atoms with E-state index in [1.165, 1.54) is 0 Å². The fourth-order valence-corrected chi connectivity index (χ4v) is 2.13. The Morgan fingerprint density at radius 1 is 1.12 bits per heavy atom. The molecule has 4 nitrogen and oxygen atoms in total. The van der Waals surface area contributed by atoms with Gasteiger partial charge in [-0.25, -0.2) is 0 Å². The molecule has 1 aliphatic rings. The molecular weight excluding hydrogens is 214 g/mol. The quantitative estimate of drug-likeness (QED) is 0.780. The summed E-state index contributed by atoms with van der Waals surface area (Å²) in [5.41, 5.74) is 1.85. The summed E-state index contributed by atoms with van der Waals surface area (Å²) in [6.45, 7) is 2.17. The van der Waals surface area contributed by atoms with Crippen LogP contribution in [0.5, 0.6) is 0 Å². The Morgan fingerprint density at radius 3 is 2.76 bits per heavy atom. The first-order valence-electron chi connectivity index (χ1n) is 5.69. The van der Waals surface area contributed by atoms with Crippen LogP contribution in [0.25, 0.3) is 0 Å². The summed E-state index contributed by atoms with van der Waals surface area (Å²) in [6, 6.07) is 11.8. The minimum Gasteiger partial charge on any atom is -0.331 e. The highest BCUT2D eigenvalue weighted by Gasteiger charge is 2.24. The Labute approximate surface area is 99.5 Å². The number of rotatable bonds is 2. The summed E-state index contributed by atoms with van der Waals surface area (Å²) < 4.78 is 1.77. The number of aromatic nitrogens is 2. The molecule has 1 amide bonds. The molecule has 0 saturated carbocycles. The van der Waals surface area contributed by atoms with E-state index in [4.69, 9.17) is 0 Å². The summed E-state index contributed by atoms with van der Waals surface area (Å²) in [6.07, 6.45) is 1.68. The van der Waals surface area contributed by atoms with E-state index in [0.29, 0.717) is 12.2 Å². The van der Waals surface area contributed by atoms with E-state index in [2.05, 4.69) is 5.10 Å². The standard InChI is InChI=1S/C13H13N3O/c17-13-12-6-7-14-16(12)9-8-15(13)10-11-4-2-1-3-5-11/h1-7H,8-10H2. The molecule has 0 aliphatic carbocycles. The number of carbonyl (C=O) groups excluding carboxylic acids is 1. The van der Waals surface area contributed by atoms with E-state index in [1.807, 2.05) is 35.2 Å². The van der Waals surface area contributed by atoms with Gasteiger partial charge >= 0.3 is 0 Å². The first-order valence-corrected chi connectivity index (χ1v) is 5.69. The van der Waals surface area contributed by atoms with Crippen molar-refractivity contribution in [2.75, 3.05) is 6.54 Å². The smallest absolute Gasteiger partial charge is 0.272 e. The maximum absolute atomic E-state index is 12.1. The van der Waals surface area contributed by atoms with Gasteiger partial charge in [0, 0.05) is 19.3 Å². The van der Waals surface area contributed by atoms with Gasteiger partial charge in [0.2, 0.25) is 0 Å². The first-order chi connectivity index (χ1) is 8.34. The molecule has 0 spiro atoms. The number of hydrogen-bond acceptors (Lipinski definition) is 2. The van der Waals surface area contributed by atoms with Gasteiger partial charge in [-0.15, -0.1) is 0 Å². The van der Waals surface area contributed by atoms with Crippen molar-refractivity contribution >= 4 is 5.91 Å². The van der Waals surface area contributed by atoms with Crippen molar-refractivity contribution in [2.45, 2.75) is 13.1 Å². The van der Waals surface area contributed by atoms with Crippen molar-refractivity contribution in [3.63, 3.8) is 0 Å². The summed E-state index contributed by atoms with van der Waals surface area (Å²) in [7, 11) is 0. The van der Waals surface area contributed by atoms with Gasteiger partial charge in [-0.3, -0.25) is 9.48 Å². The van der Waals surface area contributed by atoms with Crippen LogP contribution in [0.1, 0.15) is 16.1 Å². The molecule has 1 aliphatic heterocycles. The van der Waals surface area contributed by atoms with Crippen LogP contribution in [0, 0.1) is 0 Å². The van der Waals surface area contributed by atoms with Gasteiger partial charge in [0.05, 0.1) is 6.54 Å². The molecule has 4 heteroatoms. The van der Waals surface area contributed by atoms with Crippen LogP contribution in [-0.2, 0) is 13.1 Å². The number of fused-ring (bicyclic) bond motifs is 1. The van der Waals surface area contributed by atoms with Crippen LogP contribution in [0.2, 0.25) is 0 Å². The highest BCUT2D eigenvalue weighted by Crippen LogP contribution is 2.14. The zero-order valence-corrected chi connectivity index (χ0v) is 9.41. The van der Waals surface area contributed by atoms with Crippen molar-refractivity contribution in [3.05, 3.63) is 53.9 Å². The van der Waals surface area contributed by atoms with E-state index < -0.39 is 0 Å². The SMILES string of the molecule is O=C1c2ccnn2CCN1Cc1ccccc1. The van der Waals surface area contributed by atoms with Crippen LogP contribution >= 0.6 is 0 Å². The van der Waals surface area contributed by atoms with Crippen LogP contribution in [-0.4, -0.2) is 27.1 Å². The molecule has 0 N–H and O–H groups in total. The van der Waals surface area contributed by atoms with Gasteiger partial charge in [-0.05, 0) is 11.6 Å². The number of carbonyl (C=O) groups is 1. The van der Waals surface area contributed by atoms with Crippen LogP contribution in [0.3, 0.4) is 0 Å². The van der Waals surface area contributed by atoms with Gasteiger partial charge in [0.25, 0.3) is 5.91 Å². The fraction of sp³-hybridized carbons (Fsp3) is 0.231. The highest BCUT2D eigenvalue weighted by molar-refractivity contribution is 5.93. The van der Waals surface area contributed by atoms with E-state index >= 15 is 0 Å². The third-order valence-corrected chi connectivity index (χ3v) is 3.02. The second-order valence-corrected chi connectivity index (χ2v) is 4.15. The molecule has 0 unspecified atom stereocenters. The maximum atomic E-state index is 12.1. The monoisotopic (exact) mass is 227 g/mol. The molecule has 0 saturated heterocycles. The molecule has 86 valence electrons. The Bertz CT molecular complexity index is 533. The van der Waals surface area contributed by atoms with Crippen molar-refractivity contribution in [1.82, 2.24) is 14.7 Å². The summed E-state index contributed by atoms with van der Waals surface area (Å²) in [5, 5.41) is 4.12. The molecule has 0 radical (unpaired) electrons. The molecule has 3 rings (SSSR count). The lowest BCUT2D eigenvalue weighted by molar-refractivity contribution is 0.0683. The van der Waals surface area contributed by atoms with Crippen molar-refractivity contribution in [1.29, 1.82) is 0 Å². The topological polar surface area (TPSA) is 38.1 Å². The van der Waals surface area contributed by atoms with E-state index in [0.717, 1.165) is 18.7 Å². The lowest BCUT2D eigenvalue weighted by Crippen LogP contribution is -2.39. The zero-order chi connectivity index (χ0) is 11.7. The number of amides is 1. The van der Waals surface area contributed by atoms with Crippen molar-refractivity contribution in [3.8, 4) is 0 Å². The van der Waals surface area contributed by atoms with Gasteiger partial charge in [-0.2, -0.15) is 5.10 Å². The second kappa shape index (κ2) is 4.05. The molecule has 1 aromatic carbocycles. The molecule has 0 atom stereocenters. The lowest BCUT2D eigenvalue weighted by Gasteiger charge is -2.27.